The molecule has 0 N–H and O–H groups in total. The second-order valence-corrected chi connectivity index (χ2v) is 8.71. The molecule has 0 amide bonds. The maximum Gasteiger partial charge on any atom is 0.0711 e. The largest absolute Gasteiger partial charge is 0.343 e. The molecule has 146 valence electrons. The molecule has 1 heteroatoms. The van der Waals surface area contributed by atoms with Gasteiger partial charge in [-0.15, -0.1) is 5.73 Å². The van der Waals surface area contributed by atoms with Crippen molar-refractivity contribution >= 4 is 28.6 Å². The van der Waals surface area contributed by atoms with Gasteiger partial charge in [-0.1, -0.05) is 72.8 Å². The Kier molecular flexibility index (Phi) is 3.21. The Balaban J connectivity index is 1.65. The number of fused-ring (bicyclic) bond motifs is 5. The molecule has 0 atom stereocenters. The SMILES string of the molecule is Cn1c2c(c3cc4c(cc31)C(c1ccccc1)(c1ccccc1)C1=C4CC=C1)C=C=C2. The van der Waals surface area contributed by atoms with E-state index in [2.05, 4.69) is 114 Å². The van der Waals surface area contributed by atoms with Gasteiger partial charge in [0.25, 0.3) is 0 Å². The summed E-state index contributed by atoms with van der Waals surface area (Å²) in [5.74, 6) is 0. The summed E-state index contributed by atoms with van der Waals surface area (Å²) in [6.45, 7) is 0. The van der Waals surface area contributed by atoms with Crippen LogP contribution in [0.3, 0.4) is 0 Å². The average Bonchev–Trinajstić information content (AvgIpc) is 3.58. The third-order valence-corrected chi connectivity index (χ3v) is 7.35. The smallest absolute Gasteiger partial charge is 0.0711 e. The van der Waals surface area contributed by atoms with E-state index in [9.17, 15) is 0 Å². The minimum absolute atomic E-state index is 0.283. The minimum Gasteiger partial charge on any atom is -0.343 e. The van der Waals surface area contributed by atoms with Crippen molar-refractivity contribution in [2.45, 2.75) is 11.8 Å². The van der Waals surface area contributed by atoms with Gasteiger partial charge >= 0.3 is 0 Å². The second kappa shape index (κ2) is 5.88. The van der Waals surface area contributed by atoms with Crippen LogP contribution in [0.4, 0.5) is 0 Å². The van der Waals surface area contributed by atoms with Gasteiger partial charge in [0.15, 0.2) is 0 Å². The van der Waals surface area contributed by atoms with Crippen LogP contribution in [0.1, 0.15) is 39.9 Å². The van der Waals surface area contributed by atoms with Gasteiger partial charge in [-0.2, -0.15) is 0 Å². The van der Waals surface area contributed by atoms with Crippen molar-refractivity contribution in [2.24, 2.45) is 7.05 Å². The van der Waals surface area contributed by atoms with Crippen LogP contribution in [0.2, 0.25) is 0 Å². The van der Waals surface area contributed by atoms with Crippen molar-refractivity contribution in [1.29, 1.82) is 0 Å². The molecule has 0 spiro atoms. The molecule has 31 heavy (non-hydrogen) atoms. The van der Waals surface area contributed by atoms with Crippen molar-refractivity contribution in [2.75, 3.05) is 0 Å². The molecule has 0 aliphatic heterocycles. The zero-order valence-electron chi connectivity index (χ0n) is 17.4. The zero-order chi connectivity index (χ0) is 20.6. The van der Waals surface area contributed by atoms with Crippen LogP contribution in [0.5, 0.6) is 0 Å². The molecule has 3 aromatic carbocycles. The van der Waals surface area contributed by atoms with Gasteiger partial charge in [-0.05, 0) is 58.0 Å². The lowest BCUT2D eigenvalue weighted by Gasteiger charge is -2.34. The van der Waals surface area contributed by atoms with Crippen LogP contribution in [0.15, 0.2) is 96.3 Å². The van der Waals surface area contributed by atoms with Crippen LogP contribution in [0.25, 0.3) is 28.6 Å². The van der Waals surface area contributed by atoms with E-state index in [1.807, 2.05) is 0 Å². The standard InChI is InChI=1S/C30H21N/c1-31-28-17-9-15-23(28)25-18-24-22-14-8-16-26(22)30(27(24)19-29(25)31,20-10-4-2-5-11-20)21-12-6-3-7-13-21/h2-8,10-13,15-19H,14H2,1H3. The Hall–Kier alpha value is -3.80. The van der Waals surface area contributed by atoms with Crippen molar-refractivity contribution in [3.8, 4) is 0 Å². The third kappa shape index (κ3) is 1.97. The summed E-state index contributed by atoms with van der Waals surface area (Å²) in [6, 6.07) is 27.0. The minimum atomic E-state index is -0.283. The highest BCUT2D eigenvalue weighted by molar-refractivity contribution is 6.02. The van der Waals surface area contributed by atoms with E-state index in [1.165, 1.54) is 55.6 Å². The molecule has 3 aliphatic carbocycles. The van der Waals surface area contributed by atoms with Crippen LogP contribution in [-0.4, -0.2) is 4.57 Å². The van der Waals surface area contributed by atoms with E-state index >= 15 is 0 Å². The quantitative estimate of drug-likeness (QED) is 0.287. The van der Waals surface area contributed by atoms with Crippen molar-refractivity contribution in [3.63, 3.8) is 0 Å². The number of rotatable bonds is 2. The molecule has 0 unspecified atom stereocenters. The molecule has 0 saturated carbocycles. The molecule has 1 aromatic heterocycles. The first-order valence-corrected chi connectivity index (χ1v) is 10.9. The van der Waals surface area contributed by atoms with Crippen LogP contribution >= 0.6 is 0 Å². The van der Waals surface area contributed by atoms with Gasteiger partial charge in [0.05, 0.1) is 11.1 Å². The Labute approximate surface area is 182 Å². The lowest BCUT2D eigenvalue weighted by Crippen LogP contribution is -2.29. The lowest BCUT2D eigenvalue weighted by molar-refractivity contribution is 0.762. The number of nitrogens with zero attached hydrogens (tertiary/aromatic N) is 1. The lowest BCUT2D eigenvalue weighted by atomic mass is 9.67. The molecular weight excluding hydrogens is 374 g/mol. The van der Waals surface area contributed by atoms with E-state index in [1.54, 1.807) is 0 Å². The highest BCUT2D eigenvalue weighted by atomic mass is 14.9. The van der Waals surface area contributed by atoms with Gasteiger partial charge in [-0.25, -0.2) is 0 Å². The second-order valence-electron chi connectivity index (χ2n) is 8.71. The number of hydrogen-bond donors (Lipinski definition) is 0. The van der Waals surface area contributed by atoms with Crippen LogP contribution < -0.4 is 0 Å². The summed E-state index contributed by atoms with van der Waals surface area (Å²) >= 11 is 0. The number of hydrogen-bond acceptors (Lipinski definition) is 0. The topological polar surface area (TPSA) is 4.93 Å². The fraction of sp³-hybridized carbons (Fsp3) is 0.100. The predicted molar refractivity (Wildman–Crippen MR) is 129 cm³/mol. The summed E-state index contributed by atoms with van der Waals surface area (Å²) in [5.41, 5.74) is 15.2. The monoisotopic (exact) mass is 395 g/mol. The van der Waals surface area contributed by atoms with Gasteiger partial charge < -0.3 is 4.57 Å². The molecule has 0 saturated heterocycles. The third-order valence-electron chi connectivity index (χ3n) is 7.35. The fourth-order valence-corrected chi connectivity index (χ4v) is 6.04. The Bertz CT molecular complexity index is 1480. The van der Waals surface area contributed by atoms with Gasteiger partial charge in [0, 0.05) is 29.6 Å². The molecule has 4 aromatic rings. The highest BCUT2D eigenvalue weighted by Gasteiger charge is 2.48. The summed E-state index contributed by atoms with van der Waals surface area (Å²) in [5, 5.41) is 1.33. The van der Waals surface area contributed by atoms with E-state index < -0.39 is 0 Å². The molecule has 0 radical (unpaired) electrons. The first-order valence-electron chi connectivity index (χ1n) is 10.9. The zero-order valence-corrected chi connectivity index (χ0v) is 17.4. The summed E-state index contributed by atoms with van der Waals surface area (Å²) in [7, 11) is 2.17. The Morgan fingerprint density at radius 3 is 2.29 bits per heavy atom. The summed E-state index contributed by atoms with van der Waals surface area (Å²) in [4.78, 5) is 0. The van der Waals surface area contributed by atoms with E-state index in [4.69, 9.17) is 0 Å². The molecule has 0 fully saturated rings. The summed E-state index contributed by atoms with van der Waals surface area (Å²) in [6.07, 6.45) is 9.92. The maximum absolute atomic E-state index is 3.29. The molecule has 1 heterocycles. The van der Waals surface area contributed by atoms with Crippen LogP contribution in [-0.2, 0) is 12.5 Å². The fourth-order valence-electron chi connectivity index (χ4n) is 6.04. The predicted octanol–water partition coefficient (Wildman–Crippen LogP) is 6.88. The Morgan fingerprint density at radius 2 is 1.58 bits per heavy atom. The van der Waals surface area contributed by atoms with E-state index in [0.29, 0.717) is 0 Å². The summed E-state index contributed by atoms with van der Waals surface area (Å²) < 4.78 is 2.32. The van der Waals surface area contributed by atoms with Crippen molar-refractivity contribution in [3.05, 3.63) is 130 Å². The van der Waals surface area contributed by atoms with Crippen molar-refractivity contribution in [1.82, 2.24) is 4.57 Å². The molecule has 0 bridgehead atoms. The number of aromatic nitrogens is 1. The first-order chi connectivity index (χ1) is 15.3. The number of benzene rings is 3. The first kappa shape index (κ1) is 16.9. The molecule has 3 aliphatic rings. The maximum atomic E-state index is 3.29. The Morgan fingerprint density at radius 1 is 0.871 bits per heavy atom. The van der Waals surface area contributed by atoms with Crippen LogP contribution in [0, 0.1) is 0 Å². The van der Waals surface area contributed by atoms with Gasteiger partial charge in [0.1, 0.15) is 0 Å². The van der Waals surface area contributed by atoms with Gasteiger partial charge in [-0.3, -0.25) is 0 Å². The number of aryl methyl sites for hydroxylation is 1. The highest BCUT2D eigenvalue weighted by Crippen LogP contribution is 2.58. The molecule has 1 nitrogen and oxygen atoms in total. The molecular formula is C30H21N. The van der Waals surface area contributed by atoms with E-state index in [-0.39, 0.29) is 5.41 Å². The number of allylic oxidation sites excluding steroid dienone is 4. The normalized spacial score (nSPS) is 16.9. The van der Waals surface area contributed by atoms with Gasteiger partial charge in [0.2, 0.25) is 0 Å². The average molecular weight is 396 g/mol. The van der Waals surface area contributed by atoms with Crippen molar-refractivity contribution < 1.29 is 0 Å². The molecule has 7 rings (SSSR count). The van der Waals surface area contributed by atoms with E-state index in [0.717, 1.165) is 6.42 Å².